The van der Waals surface area contributed by atoms with Crippen LogP contribution in [0.4, 0.5) is 0 Å². The Morgan fingerprint density at radius 3 is 3.13 bits per heavy atom. The maximum atomic E-state index is 10.9. The second kappa shape index (κ2) is 3.70. The summed E-state index contributed by atoms with van der Waals surface area (Å²) in [7, 11) is 0. The summed E-state index contributed by atoms with van der Waals surface area (Å²) >= 11 is 0. The van der Waals surface area contributed by atoms with Crippen molar-refractivity contribution < 1.29 is 14.3 Å². The Balaban J connectivity index is 2.46. The van der Waals surface area contributed by atoms with Crippen LogP contribution in [0.5, 0.6) is 0 Å². The molecule has 0 amide bonds. The van der Waals surface area contributed by atoms with E-state index in [-0.39, 0.29) is 6.54 Å². The number of nitrogens with two attached hydrogens (primary N) is 1. The second-order valence-corrected chi connectivity index (χ2v) is 3.19. The summed E-state index contributed by atoms with van der Waals surface area (Å²) in [4.78, 5) is 14.9. The predicted octanol–water partition coefficient (Wildman–Crippen LogP) is 0.955. The van der Waals surface area contributed by atoms with E-state index in [1.54, 1.807) is 12.1 Å². The van der Waals surface area contributed by atoms with Crippen molar-refractivity contribution in [2.45, 2.75) is 5.92 Å². The van der Waals surface area contributed by atoms with Crippen LogP contribution in [0.25, 0.3) is 11.0 Å². The van der Waals surface area contributed by atoms with Gasteiger partial charge in [0.05, 0.1) is 18.2 Å². The Kier molecular flexibility index (Phi) is 2.39. The lowest BCUT2D eigenvalue weighted by Crippen LogP contribution is -2.21. The topological polar surface area (TPSA) is 89.4 Å². The van der Waals surface area contributed by atoms with Gasteiger partial charge in [0.25, 0.3) is 0 Å². The summed E-state index contributed by atoms with van der Waals surface area (Å²) < 4.78 is 5.11. The van der Waals surface area contributed by atoms with Gasteiger partial charge in [0.1, 0.15) is 5.92 Å². The lowest BCUT2D eigenvalue weighted by Gasteiger charge is -2.08. The molecule has 2 aromatic heterocycles. The molecule has 0 spiro atoms. The first kappa shape index (κ1) is 9.67. The van der Waals surface area contributed by atoms with Gasteiger partial charge >= 0.3 is 5.97 Å². The number of rotatable bonds is 3. The average Bonchev–Trinajstić information content (AvgIpc) is 2.65. The minimum Gasteiger partial charge on any atom is -0.481 e. The molecule has 0 radical (unpaired) electrons. The van der Waals surface area contributed by atoms with Crippen LogP contribution in [-0.2, 0) is 4.79 Å². The van der Waals surface area contributed by atoms with Gasteiger partial charge in [-0.1, -0.05) is 0 Å². The third kappa shape index (κ3) is 1.69. The van der Waals surface area contributed by atoms with Crippen molar-refractivity contribution in [1.82, 2.24) is 4.98 Å². The summed E-state index contributed by atoms with van der Waals surface area (Å²) in [6.07, 6.45) is 3.05. The van der Waals surface area contributed by atoms with Crippen LogP contribution in [0, 0.1) is 0 Å². The molecule has 2 aromatic rings. The minimum atomic E-state index is -0.965. The number of hydrogen-bond donors (Lipinski definition) is 2. The third-order valence-electron chi connectivity index (χ3n) is 2.25. The van der Waals surface area contributed by atoms with E-state index in [0.29, 0.717) is 11.3 Å². The van der Waals surface area contributed by atoms with Gasteiger partial charge in [-0.25, -0.2) is 0 Å². The van der Waals surface area contributed by atoms with Gasteiger partial charge in [0.15, 0.2) is 5.58 Å². The van der Waals surface area contributed by atoms with Gasteiger partial charge in [-0.2, -0.15) is 0 Å². The van der Waals surface area contributed by atoms with E-state index >= 15 is 0 Å². The lowest BCUT2D eigenvalue weighted by molar-refractivity contribution is -0.138. The maximum absolute atomic E-state index is 10.9. The second-order valence-electron chi connectivity index (χ2n) is 3.19. The molecule has 0 bridgehead atoms. The number of carboxylic acid groups (broad SMARTS) is 1. The minimum absolute atomic E-state index is 0.0334. The van der Waals surface area contributed by atoms with Crippen LogP contribution in [0.3, 0.4) is 0 Å². The molecular formula is C10H10N2O3. The highest BCUT2D eigenvalue weighted by Crippen LogP contribution is 2.19. The number of carboxylic acids is 1. The molecule has 2 rings (SSSR count). The fourth-order valence-electron chi connectivity index (χ4n) is 1.42. The molecule has 2 heterocycles. The van der Waals surface area contributed by atoms with Gasteiger partial charge in [-0.3, -0.25) is 9.78 Å². The van der Waals surface area contributed by atoms with E-state index in [0.717, 1.165) is 5.39 Å². The van der Waals surface area contributed by atoms with Crippen molar-refractivity contribution in [3.63, 3.8) is 0 Å². The van der Waals surface area contributed by atoms with Crippen LogP contribution >= 0.6 is 0 Å². The Labute approximate surface area is 85.5 Å². The number of furan rings is 1. The quantitative estimate of drug-likeness (QED) is 0.780. The molecule has 1 unspecified atom stereocenters. The summed E-state index contributed by atoms with van der Waals surface area (Å²) in [6.45, 7) is 0.0334. The Hall–Kier alpha value is -1.88. The molecule has 0 fully saturated rings. The highest BCUT2D eigenvalue weighted by Gasteiger charge is 2.19. The maximum Gasteiger partial charge on any atom is 0.313 e. The van der Waals surface area contributed by atoms with Crippen LogP contribution in [0.15, 0.2) is 29.0 Å². The van der Waals surface area contributed by atoms with E-state index < -0.39 is 11.9 Å². The molecule has 0 aliphatic rings. The zero-order valence-corrected chi connectivity index (χ0v) is 7.88. The van der Waals surface area contributed by atoms with Crippen LogP contribution in [-0.4, -0.2) is 22.6 Å². The van der Waals surface area contributed by atoms with Crippen LogP contribution in [0.2, 0.25) is 0 Å². The molecule has 0 aliphatic carbocycles. The Bertz CT molecular complexity index is 492. The molecular weight excluding hydrogens is 196 g/mol. The normalized spacial score (nSPS) is 12.9. The molecule has 3 N–H and O–H groups in total. The highest BCUT2D eigenvalue weighted by molar-refractivity contribution is 5.80. The zero-order chi connectivity index (χ0) is 10.8. The Morgan fingerprint density at radius 2 is 2.47 bits per heavy atom. The highest BCUT2D eigenvalue weighted by atomic mass is 16.4. The van der Waals surface area contributed by atoms with Gasteiger partial charge in [-0.15, -0.1) is 0 Å². The lowest BCUT2D eigenvalue weighted by atomic mass is 10.0. The standard InChI is InChI=1S/C10H10N2O3/c11-4-7(10(13)14)8-3-6-1-2-15-9(6)5-12-8/h1-3,5,7H,4,11H2,(H,13,14). The fourth-order valence-corrected chi connectivity index (χ4v) is 1.42. The van der Waals surface area contributed by atoms with Crippen LogP contribution < -0.4 is 5.73 Å². The summed E-state index contributed by atoms with van der Waals surface area (Å²) in [6, 6.07) is 3.44. The number of aliphatic carboxylic acids is 1. The number of pyridine rings is 1. The molecule has 0 aliphatic heterocycles. The molecule has 78 valence electrons. The van der Waals surface area contributed by atoms with E-state index in [9.17, 15) is 4.79 Å². The SMILES string of the molecule is NCC(C(=O)O)c1cc2ccoc2cn1. The van der Waals surface area contributed by atoms with Crippen molar-refractivity contribution in [3.8, 4) is 0 Å². The van der Waals surface area contributed by atoms with E-state index in [4.69, 9.17) is 15.3 Å². The smallest absolute Gasteiger partial charge is 0.313 e. The first-order valence-corrected chi connectivity index (χ1v) is 4.48. The van der Waals surface area contributed by atoms with E-state index in [2.05, 4.69) is 4.98 Å². The number of carbonyl (C=O) groups is 1. The largest absolute Gasteiger partial charge is 0.481 e. The number of aromatic nitrogens is 1. The fraction of sp³-hybridized carbons (Fsp3) is 0.200. The number of fused-ring (bicyclic) bond motifs is 1. The first-order chi connectivity index (χ1) is 7.22. The van der Waals surface area contributed by atoms with Crippen molar-refractivity contribution in [2.24, 2.45) is 5.73 Å². The van der Waals surface area contributed by atoms with E-state index in [1.165, 1.54) is 12.5 Å². The van der Waals surface area contributed by atoms with Crippen molar-refractivity contribution >= 4 is 16.9 Å². The van der Waals surface area contributed by atoms with Gasteiger partial charge in [-0.05, 0) is 12.1 Å². The average molecular weight is 206 g/mol. The predicted molar refractivity (Wildman–Crippen MR) is 53.4 cm³/mol. The summed E-state index contributed by atoms with van der Waals surface area (Å²) in [5, 5.41) is 9.74. The monoisotopic (exact) mass is 206 g/mol. The summed E-state index contributed by atoms with van der Waals surface area (Å²) in [5.74, 6) is -1.72. The summed E-state index contributed by atoms with van der Waals surface area (Å²) in [5.41, 5.74) is 6.48. The molecule has 5 nitrogen and oxygen atoms in total. The molecule has 0 saturated heterocycles. The molecule has 0 aromatic carbocycles. The van der Waals surface area contributed by atoms with Crippen molar-refractivity contribution in [1.29, 1.82) is 0 Å². The molecule has 5 heteroatoms. The zero-order valence-electron chi connectivity index (χ0n) is 7.88. The Morgan fingerprint density at radius 1 is 1.67 bits per heavy atom. The third-order valence-corrected chi connectivity index (χ3v) is 2.25. The van der Waals surface area contributed by atoms with Crippen molar-refractivity contribution in [3.05, 3.63) is 30.3 Å². The van der Waals surface area contributed by atoms with Gasteiger partial charge < -0.3 is 15.3 Å². The molecule has 0 saturated carbocycles. The van der Waals surface area contributed by atoms with Gasteiger partial charge in [0.2, 0.25) is 0 Å². The van der Waals surface area contributed by atoms with Gasteiger partial charge in [0, 0.05) is 11.9 Å². The molecule has 15 heavy (non-hydrogen) atoms. The molecule has 1 atom stereocenters. The van der Waals surface area contributed by atoms with Crippen molar-refractivity contribution in [2.75, 3.05) is 6.54 Å². The van der Waals surface area contributed by atoms with E-state index in [1.807, 2.05) is 0 Å². The first-order valence-electron chi connectivity index (χ1n) is 4.48. The van der Waals surface area contributed by atoms with Crippen LogP contribution in [0.1, 0.15) is 11.6 Å². The number of hydrogen-bond acceptors (Lipinski definition) is 4. The number of nitrogens with zero attached hydrogens (tertiary/aromatic N) is 1.